The zero-order valence-corrected chi connectivity index (χ0v) is 18.0. The molecule has 2 aromatic heterocycles. The van der Waals surface area contributed by atoms with Crippen LogP contribution < -0.4 is 0 Å². The van der Waals surface area contributed by atoms with Crippen molar-refractivity contribution in [2.75, 3.05) is 0 Å². The van der Waals surface area contributed by atoms with Gasteiger partial charge in [0.15, 0.2) is 5.78 Å². The smallest absolute Gasteiger partial charge is 0.328 e. The molecule has 32 heavy (non-hydrogen) atoms. The standard InChI is InChI=1S/C20H23N3O.C4H4O4/c1-14-16(22-13-21-14)10-11-19(24)20-15-7-4-5-8-17(15)23-12-6-2-3-9-18(20)23;5-3(6)1-2-4(7)8/h4-5,7-8,13H,2-3,6,9-12H2,1H3,(H,21,22);1-2H,(H,5,6)(H,7,8). The van der Waals surface area contributed by atoms with Gasteiger partial charge < -0.3 is 19.8 Å². The third-order valence-corrected chi connectivity index (χ3v) is 5.54. The molecule has 4 rings (SSSR count). The largest absolute Gasteiger partial charge is 0.478 e. The molecule has 8 heteroatoms. The normalized spacial score (nSPS) is 13.3. The van der Waals surface area contributed by atoms with Gasteiger partial charge in [0, 0.05) is 53.0 Å². The second-order valence-electron chi connectivity index (χ2n) is 7.71. The van der Waals surface area contributed by atoms with E-state index in [1.807, 2.05) is 13.0 Å². The molecule has 0 saturated heterocycles. The van der Waals surface area contributed by atoms with Gasteiger partial charge in [-0.25, -0.2) is 14.6 Å². The Bertz CT molecular complexity index is 1140. The van der Waals surface area contributed by atoms with Crippen LogP contribution in [0.4, 0.5) is 0 Å². The lowest BCUT2D eigenvalue weighted by atomic mass is 9.99. The fraction of sp³-hybridized carbons (Fsp3) is 0.333. The van der Waals surface area contributed by atoms with Crippen LogP contribution in [-0.4, -0.2) is 42.5 Å². The summed E-state index contributed by atoms with van der Waals surface area (Å²) in [6.45, 7) is 3.04. The van der Waals surface area contributed by atoms with Gasteiger partial charge >= 0.3 is 11.9 Å². The fourth-order valence-electron chi connectivity index (χ4n) is 4.06. The number of aromatic nitrogens is 3. The first kappa shape index (κ1) is 23.0. The van der Waals surface area contributed by atoms with E-state index in [1.165, 1.54) is 30.5 Å². The summed E-state index contributed by atoms with van der Waals surface area (Å²) in [6.07, 6.45) is 8.67. The van der Waals surface area contributed by atoms with Crippen molar-refractivity contribution in [3.63, 3.8) is 0 Å². The zero-order chi connectivity index (χ0) is 23.1. The van der Waals surface area contributed by atoms with Crippen molar-refractivity contribution < 1.29 is 24.6 Å². The number of hydrogen-bond acceptors (Lipinski definition) is 4. The SMILES string of the molecule is Cc1[nH]cnc1CCC(=O)c1c2n(c3ccccc13)CCCCC2.O=C(O)C=CC(=O)O. The Labute approximate surface area is 185 Å². The minimum absolute atomic E-state index is 0.254. The number of nitrogens with zero attached hydrogens (tertiary/aromatic N) is 2. The predicted molar refractivity (Wildman–Crippen MR) is 120 cm³/mol. The molecule has 3 N–H and O–H groups in total. The van der Waals surface area contributed by atoms with Crippen molar-refractivity contribution in [1.82, 2.24) is 14.5 Å². The van der Waals surface area contributed by atoms with E-state index in [4.69, 9.17) is 10.2 Å². The third-order valence-electron chi connectivity index (χ3n) is 5.54. The number of hydrogen-bond donors (Lipinski definition) is 3. The lowest BCUT2D eigenvalue weighted by Gasteiger charge is -2.07. The van der Waals surface area contributed by atoms with Gasteiger partial charge in [0.1, 0.15) is 0 Å². The van der Waals surface area contributed by atoms with Crippen molar-refractivity contribution in [3.05, 3.63) is 65.4 Å². The number of carbonyl (C=O) groups is 3. The highest BCUT2D eigenvalue weighted by atomic mass is 16.4. The molecule has 0 spiro atoms. The first-order valence-corrected chi connectivity index (χ1v) is 10.6. The second kappa shape index (κ2) is 10.6. The first-order chi connectivity index (χ1) is 15.4. The average molecular weight is 437 g/mol. The van der Waals surface area contributed by atoms with E-state index < -0.39 is 11.9 Å². The summed E-state index contributed by atoms with van der Waals surface area (Å²) in [7, 11) is 0. The zero-order valence-electron chi connectivity index (χ0n) is 18.0. The minimum atomic E-state index is -1.26. The number of carbonyl (C=O) groups excluding carboxylic acids is 1. The van der Waals surface area contributed by atoms with Crippen molar-refractivity contribution in [2.45, 2.75) is 52.0 Å². The highest BCUT2D eigenvalue weighted by molar-refractivity contribution is 6.09. The Morgan fingerprint density at radius 1 is 1.09 bits per heavy atom. The molecule has 1 aromatic carbocycles. The molecule has 0 radical (unpaired) electrons. The number of aliphatic carboxylic acids is 2. The summed E-state index contributed by atoms with van der Waals surface area (Å²) in [5.41, 5.74) is 5.48. The Balaban J connectivity index is 0.000000312. The van der Waals surface area contributed by atoms with Gasteiger partial charge in [0.25, 0.3) is 0 Å². The van der Waals surface area contributed by atoms with Crippen LogP contribution in [0.25, 0.3) is 10.9 Å². The molecule has 0 atom stereocenters. The number of rotatable bonds is 6. The summed E-state index contributed by atoms with van der Waals surface area (Å²) in [6, 6.07) is 8.36. The quantitative estimate of drug-likeness (QED) is 0.396. The molecule has 8 nitrogen and oxygen atoms in total. The molecule has 1 aliphatic heterocycles. The van der Waals surface area contributed by atoms with Crippen molar-refractivity contribution in [2.24, 2.45) is 0 Å². The monoisotopic (exact) mass is 437 g/mol. The molecule has 0 aliphatic carbocycles. The third kappa shape index (κ3) is 5.51. The number of Topliss-reactive ketones (excluding diaryl/α,β-unsaturated/α-hetero) is 1. The fourth-order valence-corrected chi connectivity index (χ4v) is 4.06. The van der Waals surface area contributed by atoms with Crippen LogP contribution in [0.15, 0.2) is 42.7 Å². The Kier molecular flexibility index (Phi) is 7.59. The molecule has 0 unspecified atom stereocenters. The van der Waals surface area contributed by atoms with Crippen molar-refractivity contribution >= 4 is 28.6 Å². The van der Waals surface area contributed by atoms with E-state index in [1.54, 1.807) is 6.33 Å². The Hall–Kier alpha value is -3.68. The summed E-state index contributed by atoms with van der Waals surface area (Å²) < 4.78 is 2.38. The van der Waals surface area contributed by atoms with E-state index in [-0.39, 0.29) is 5.78 Å². The van der Waals surface area contributed by atoms with Gasteiger partial charge in [-0.1, -0.05) is 24.6 Å². The highest BCUT2D eigenvalue weighted by Crippen LogP contribution is 2.31. The number of fused-ring (bicyclic) bond motifs is 3. The average Bonchev–Trinajstić information content (AvgIpc) is 3.22. The number of nitrogens with one attached hydrogen (secondary N) is 1. The minimum Gasteiger partial charge on any atom is -0.478 e. The summed E-state index contributed by atoms with van der Waals surface area (Å²) in [4.78, 5) is 39.6. The molecule has 3 aromatic rings. The van der Waals surface area contributed by atoms with Crippen LogP contribution in [0.1, 0.15) is 53.1 Å². The van der Waals surface area contributed by atoms with E-state index in [2.05, 4.69) is 32.7 Å². The number of benzene rings is 1. The van der Waals surface area contributed by atoms with Gasteiger partial charge in [-0.3, -0.25) is 4.79 Å². The second-order valence-corrected chi connectivity index (χ2v) is 7.71. The Morgan fingerprint density at radius 3 is 2.47 bits per heavy atom. The predicted octanol–water partition coefficient (Wildman–Crippen LogP) is 3.93. The van der Waals surface area contributed by atoms with Crippen molar-refractivity contribution in [1.29, 1.82) is 0 Å². The van der Waals surface area contributed by atoms with Crippen LogP contribution in [0.3, 0.4) is 0 Å². The number of carboxylic acid groups (broad SMARTS) is 2. The van der Waals surface area contributed by atoms with Crippen molar-refractivity contribution in [3.8, 4) is 0 Å². The molecule has 0 bridgehead atoms. The lowest BCUT2D eigenvalue weighted by molar-refractivity contribution is -0.134. The van der Waals surface area contributed by atoms with Crippen LogP contribution in [0.2, 0.25) is 0 Å². The number of para-hydroxylation sites is 1. The number of aryl methyl sites for hydroxylation is 3. The molecule has 1 aliphatic rings. The summed E-state index contributed by atoms with van der Waals surface area (Å²) in [5.74, 6) is -2.26. The van der Waals surface area contributed by atoms with Crippen LogP contribution in [0, 0.1) is 6.92 Å². The molecule has 168 valence electrons. The van der Waals surface area contributed by atoms with Gasteiger partial charge in [0.2, 0.25) is 0 Å². The maximum atomic E-state index is 13.1. The molecule has 3 heterocycles. The molecule has 0 fully saturated rings. The van der Waals surface area contributed by atoms with E-state index in [0.717, 1.165) is 35.3 Å². The van der Waals surface area contributed by atoms with Crippen LogP contribution >= 0.6 is 0 Å². The first-order valence-electron chi connectivity index (χ1n) is 10.6. The highest BCUT2D eigenvalue weighted by Gasteiger charge is 2.23. The van der Waals surface area contributed by atoms with Crippen LogP contribution in [-0.2, 0) is 29.0 Å². The van der Waals surface area contributed by atoms with Gasteiger partial charge in [-0.05, 0) is 38.7 Å². The van der Waals surface area contributed by atoms with Gasteiger partial charge in [-0.15, -0.1) is 0 Å². The molecule has 0 amide bonds. The topological polar surface area (TPSA) is 125 Å². The number of ketones is 1. The number of imidazole rings is 1. The number of carboxylic acids is 2. The van der Waals surface area contributed by atoms with E-state index >= 15 is 0 Å². The van der Waals surface area contributed by atoms with Gasteiger partial charge in [-0.2, -0.15) is 0 Å². The maximum Gasteiger partial charge on any atom is 0.328 e. The summed E-state index contributed by atoms with van der Waals surface area (Å²) in [5, 5.41) is 16.7. The van der Waals surface area contributed by atoms with E-state index in [0.29, 0.717) is 25.0 Å². The molecule has 0 saturated carbocycles. The number of H-pyrrole nitrogens is 1. The molecular weight excluding hydrogens is 410 g/mol. The molecular formula is C24H27N3O5. The number of aromatic amines is 1. The van der Waals surface area contributed by atoms with Crippen LogP contribution in [0.5, 0.6) is 0 Å². The van der Waals surface area contributed by atoms with E-state index in [9.17, 15) is 14.4 Å². The lowest BCUT2D eigenvalue weighted by Crippen LogP contribution is -2.07. The maximum absolute atomic E-state index is 13.1. The Morgan fingerprint density at radius 2 is 1.81 bits per heavy atom. The van der Waals surface area contributed by atoms with Gasteiger partial charge in [0.05, 0.1) is 12.0 Å². The summed E-state index contributed by atoms with van der Waals surface area (Å²) >= 11 is 0.